The highest BCUT2D eigenvalue weighted by molar-refractivity contribution is 5.77. The topological polar surface area (TPSA) is 52.6 Å². The Balaban J connectivity index is 2.21. The van der Waals surface area contributed by atoms with E-state index in [-0.39, 0.29) is 12.5 Å². The number of aliphatic hydroxyl groups excluding tert-OH is 1. The van der Waals surface area contributed by atoms with Crippen LogP contribution in [0, 0.1) is 5.41 Å². The molecule has 1 aliphatic rings. The minimum Gasteiger partial charge on any atom is -0.395 e. The van der Waals surface area contributed by atoms with Crippen LogP contribution in [0.5, 0.6) is 0 Å². The predicted octanol–water partition coefficient (Wildman–Crippen LogP) is 0.217. The van der Waals surface area contributed by atoms with Crippen LogP contribution in [-0.2, 0) is 4.79 Å². The van der Waals surface area contributed by atoms with Crippen LogP contribution in [0.15, 0.2) is 0 Å². The van der Waals surface area contributed by atoms with Crippen molar-refractivity contribution in [1.29, 1.82) is 0 Å². The van der Waals surface area contributed by atoms with Gasteiger partial charge in [0.25, 0.3) is 0 Å². The first kappa shape index (κ1) is 12.5. The van der Waals surface area contributed by atoms with Gasteiger partial charge in [0, 0.05) is 6.54 Å². The summed E-state index contributed by atoms with van der Waals surface area (Å²) in [5.41, 5.74) is 0.429. The highest BCUT2D eigenvalue weighted by Gasteiger charge is 2.25. The summed E-state index contributed by atoms with van der Waals surface area (Å²) < 4.78 is 0. The number of carbonyl (C=O) groups is 1. The third-order valence-electron chi connectivity index (χ3n) is 3.01. The first-order valence-corrected chi connectivity index (χ1v) is 5.63. The summed E-state index contributed by atoms with van der Waals surface area (Å²) in [6, 6.07) is 0. The van der Waals surface area contributed by atoms with Crippen LogP contribution in [0.25, 0.3) is 0 Å². The van der Waals surface area contributed by atoms with Crippen LogP contribution in [0.4, 0.5) is 0 Å². The number of rotatable bonds is 4. The Morgan fingerprint density at radius 2 is 2.00 bits per heavy atom. The van der Waals surface area contributed by atoms with Gasteiger partial charge in [-0.1, -0.05) is 13.8 Å². The Hall–Kier alpha value is -0.610. The molecule has 0 atom stereocenters. The normalized spacial score (nSPS) is 21.3. The average molecular weight is 214 g/mol. The van der Waals surface area contributed by atoms with E-state index in [0.717, 1.165) is 25.9 Å². The van der Waals surface area contributed by atoms with Crippen LogP contribution < -0.4 is 5.32 Å². The molecule has 0 bridgehead atoms. The fraction of sp³-hybridized carbons (Fsp3) is 0.909. The highest BCUT2D eigenvalue weighted by atomic mass is 16.3. The zero-order valence-electron chi connectivity index (χ0n) is 9.75. The van der Waals surface area contributed by atoms with E-state index >= 15 is 0 Å². The van der Waals surface area contributed by atoms with Gasteiger partial charge in [0.2, 0.25) is 5.91 Å². The van der Waals surface area contributed by atoms with Crippen molar-refractivity contribution in [1.82, 2.24) is 10.2 Å². The van der Waals surface area contributed by atoms with E-state index in [1.807, 2.05) is 0 Å². The summed E-state index contributed by atoms with van der Waals surface area (Å²) in [6.45, 7) is 7.39. The number of carbonyl (C=O) groups excluding carboxylic acids is 1. The molecule has 15 heavy (non-hydrogen) atoms. The van der Waals surface area contributed by atoms with Crippen LogP contribution in [-0.4, -0.2) is 48.7 Å². The molecule has 4 heteroatoms. The highest BCUT2D eigenvalue weighted by Crippen LogP contribution is 2.29. The molecule has 1 fully saturated rings. The molecule has 1 aliphatic heterocycles. The van der Waals surface area contributed by atoms with Crippen molar-refractivity contribution >= 4 is 5.91 Å². The molecule has 0 aromatic carbocycles. The molecule has 4 nitrogen and oxygen atoms in total. The molecule has 0 saturated carbocycles. The van der Waals surface area contributed by atoms with Gasteiger partial charge in [-0.25, -0.2) is 0 Å². The second-order valence-electron chi connectivity index (χ2n) is 5.01. The fourth-order valence-electron chi connectivity index (χ4n) is 1.77. The van der Waals surface area contributed by atoms with E-state index in [1.54, 1.807) is 0 Å². The van der Waals surface area contributed by atoms with Gasteiger partial charge in [0.05, 0.1) is 13.2 Å². The Morgan fingerprint density at radius 1 is 1.40 bits per heavy atom. The lowest BCUT2D eigenvalue weighted by Gasteiger charge is -2.36. The van der Waals surface area contributed by atoms with E-state index in [4.69, 9.17) is 5.11 Å². The number of nitrogens with one attached hydrogen (secondary N) is 1. The molecular weight excluding hydrogens is 192 g/mol. The lowest BCUT2D eigenvalue weighted by molar-refractivity contribution is -0.122. The molecule has 1 saturated heterocycles. The van der Waals surface area contributed by atoms with Gasteiger partial charge >= 0.3 is 0 Å². The third kappa shape index (κ3) is 4.62. The van der Waals surface area contributed by atoms with Gasteiger partial charge in [-0.15, -0.1) is 0 Å². The van der Waals surface area contributed by atoms with Crippen LogP contribution >= 0.6 is 0 Å². The van der Waals surface area contributed by atoms with E-state index in [1.165, 1.54) is 0 Å². The SMILES string of the molecule is CC1(C)CCN(CC(=O)NCCO)CC1. The molecule has 88 valence electrons. The summed E-state index contributed by atoms with van der Waals surface area (Å²) in [5, 5.41) is 11.2. The van der Waals surface area contributed by atoms with Crippen molar-refractivity contribution < 1.29 is 9.90 Å². The zero-order valence-corrected chi connectivity index (χ0v) is 9.75. The van der Waals surface area contributed by atoms with E-state index < -0.39 is 0 Å². The standard InChI is InChI=1S/C11H22N2O2/c1-11(2)3-6-13(7-4-11)9-10(15)12-5-8-14/h14H,3-9H2,1-2H3,(H,12,15). The largest absolute Gasteiger partial charge is 0.395 e. The molecule has 0 aromatic heterocycles. The molecule has 0 spiro atoms. The van der Waals surface area contributed by atoms with Gasteiger partial charge in [-0.3, -0.25) is 9.69 Å². The molecule has 1 heterocycles. The van der Waals surface area contributed by atoms with Crippen molar-refractivity contribution in [2.24, 2.45) is 5.41 Å². The van der Waals surface area contributed by atoms with Crippen molar-refractivity contribution in [3.8, 4) is 0 Å². The molecule has 1 amide bonds. The Morgan fingerprint density at radius 3 is 2.53 bits per heavy atom. The number of amides is 1. The fourth-order valence-corrected chi connectivity index (χ4v) is 1.77. The van der Waals surface area contributed by atoms with Crippen molar-refractivity contribution in [2.75, 3.05) is 32.8 Å². The van der Waals surface area contributed by atoms with Gasteiger partial charge in [0.15, 0.2) is 0 Å². The van der Waals surface area contributed by atoms with E-state index in [9.17, 15) is 4.79 Å². The second kappa shape index (κ2) is 5.47. The summed E-state index contributed by atoms with van der Waals surface area (Å²) in [5.74, 6) is 0.0174. The van der Waals surface area contributed by atoms with Gasteiger partial charge in [-0.2, -0.15) is 0 Å². The zero-order chi connectivity index (χ0) is 11.3. The van der Waals surface area contributed by atoms with Crippen LogP contribution in [0.1, 0.15) is 26.7 Å². The third-order valence-corrected chi connectivity index (χ3v) is 3.01. The maximum absolute atomic E-state index is 11.4. The van der Waals surface area contributed by atoms with Gasteiger partial charge in [0.1, 0.15) is 0 Å². The number of likely N-dealkylation sites (tertiary alicyclic amines) is 1. The lowest BCUT2D eigenvalue weighted by Crippen LogP contribution is -2.43. The molecule has 0 unspecified atom stereocenters. The average Bonchev–Trinajstić information content (AvgIpc) is 2.18. The first-order valence-electron chi connectivity index (χ1n) is 5.63. The van der Waals surface area contributed by atoms with Crippen LogP contribution in [0.2, 0.25) is 0 Å². The number of piperidine rings is 1. The molecule has 1 rings (SSSR count). The maximum Gasteiger partial charge on any atom is 0.234 e. The van der Waals surface area contributed by atoms with Crippen molar-refractivity contribution in [3.63, 3.8) is 0 Å². The second-order valence-corrected chi connectivity index (χ2v) is 5.01. The quantitative estimate of drug-likeness (QED) is 0.704. The number of nitrogens with zero attached hydrogens (tertiary/aromatic N) is 1. The minimum absolute atomic E-state index is 0.0127. The first-order chi connectivity index (χ1) is 7.03. The smallest absolute Gasteiger partial charge is 0.234 e. The van der Waals surface area contributed by atoms with E-state index in [2.05, 4.69) is 24.1 Å². The molecular formula is C11H22N2O2. The predicted molar refractivity (Wildman–Crippen MR) is 59.6 cm³/mol. The van der Waals surface area contributed by atoms with Gasteiger partial charge in [-0.05, 0) is 31.3 Å². The Kier molecular flexibility index (Phi) is 4.54. The summed E-state index contributed by atoms with van der Waals surface area (Å²) >= 11 is 0. The molecule has 0 aliphatic carbocycles. The van der Waals surface area contributed by atoms with Crippen molar-refractivity contribution in [3.05, 3.63) is 0 Å². The Labute approximate surface area is 91.6 Å². The summed E-state index contributed by atoms with van der Waals surface area (Å²) in [4.78, 5) is 13.5. The number of aliphatic hydroxyl groups is 1. The molecule has 0 aromatic rings. The maximum atomic E-state index is 11.4. The van der Waals surface area contributed by atoms with E-state index in [0.29, 0.717) is 18.5 Å². The summed E-state index contributed by atoms with van der Waals surface area (Å²) in [7, 11) is 0. The van der Waals surface area contributed by atoms with Gasteiger partial charge < -0.3 is 10.4 Å². The molecule has 0 radical (unpaired) electrons. The Bertz CT molecular complexity index is 207. The monoisotopic (exact) mass is 214 g/mol. The minimum atomic E-state index is 0.0127. The summed E-state index contributed by atoms with van der Waals surface area (Å²) in [6.07, 6.45) is 2.31. The van der Waals surface area contributed by atoms with Crippen molar-refractivity contribution in [2.45, 2.75) is 26.7 Å². The lowest BCUT2D eigenvalue weighted by atomic mass is 9.83. The number of hydrogen-bond acceptors (Lipinski definition) is 3. The molecule has 2 N–H and O–H groups in total. The number of hydrogen-bond donors (Lipinski definition) is 2. The van der Waals surface area contributed by atoms with Crippen LogP contribution in [0.3, 0.4) is 0 Å².